The Bertz CT molecular complexity index is 769. The van der Waals surface area contributed by atoms with Gasteiger partial charge in [0.2, 0.25) is 5.91 Å². The number of fused-ring (bicyclic) bond motifs is 4. The number of nitrogens with one attached hydrogen (secondary N) is 1. The first-order valence-electron chi connectivity index (χ1n) is 10.7. The number of carbonyl (C=O) groups excluding carboxylic acids is 1. The molecule has 0 aliphatic carbocycles. The summed E-state index contributed by atoms with van der Waals surface area (Å²) in [6.45, 7) is 6.99. The van der Waals surface area contributed by atoms with Crippen LogP contribution in [0.15, 0.2) is 35.1 Å². The molecule has 1 N–H and O–H groups in total. The Labute approximate surface area is 161 Å². The lowest BCUT2D eigenvalue weighted by Crippen LogP contribution is -3.14. The van der Waals surface area contributed by atoms with Crippen molar-refractivity contribution >= 4 is 5.91 Å². The van der Waals surface area contributed by atoms with E-state index in [1.54, 1.807) is 6.07 Å². The Morgan fingerprint density at radius 2 is 2.19 bits per heavy atom. The summed E-state index contributed by atoms with van der Waals surface area (Å²) < 4.78 is 1.98. The number of piperidine rings is 2. The second kappa shape index (κ2) is 8.01. The van der Waals surface area contributed by atoms with Crippen LogP contribution in [-0.2, 0) is 11.3 Å². The zero-order valence-electron chi connectivity index (χ0n) is 16.4. The van der Waals surface area contributed by atoms with E-state index in [0.717, 1.165) is 52.0 Å². The third-order valence-electron chi connectivity index (χ3n) is 6.72. The Morgan fingerprint density at radius 3 is 3.04 bits per heavy atom. The van der Waals surface area contributed by atoms with E-state index in [-0.39, 0.29) is 11.5 Å². The maximum atomic E-state index is 12.6. The SMILES string of the molecule is CC[C@H]1CCCCN1C(=O)/C=C/C[NH+]1C[C@H]2C[C@@H](C1)c1cccc(=O)n1C2. The topological polar surface area (TPSA) is 46.8 Å². The molecule has 2 fully saturated rings. The molecule has 4 rings (SSSR count). The van der Waals surface area contributed by atoms with Crippen molar-refractivity contribution in [3.63, 3.8) is 0 Å². The molecule has 3 aliphatic heterocycles. The van der Waals surface area contributed by atoms with Crippen molar-refractivity contribution < 1.29 is 9.69 Å². The lowest BCUT2D eigenvalue weighted by molar-refractivity contribution is -0.905. The summed E-state index contributed by atoms with van der Waals surface area (Å²) in [5.41, 5.74) is 1.35. The van der Waals surface area contributed by atoms with Crippen LogP contribution in [0.5, 0.6) is 0 Å². The fourth-order valence-electron chi connectivity index (χ4n) is 5.42. The summed E-state index contributed by atoms with van der Waals surface area (Å²) in [6.07, 6.45) is 9.67. The highest BCUT2D eigenvalue weighted by atomic mass is 16.2. The number of hydrogen-bond donors (Lipinski definition) is 1. The summed E-state index contributed by atoms with van der Waals surface area (Å²) in [4.78, 5) is 28.3. The predicted octanol–water partition coefficient (Wildman–Crippen LogP) is 1.20. The highest BCUT2D eigenvalue weighted by Gasteiger charge is 2.36. The Morgan fingerprint density at radius 1 is 1.30 bits per heavy atom. The van der Waals surface area contributed by atoms with Crippen LogP contribution in [0.25, 0.3) is 0 Å². The fourth-order valence-corrected chi connectivity index (χ4v) is 5.42. The number of likely N-dealkylation sites (tertiary alicyclic amines) is 2. The Kier molecular flexibility index (Phi) is 5.48. The van der Waals surface area contributed by atoms with Gasteiger partial charge in [-0.15, -0.1) is 0 Å². The van der Waals surface area contributed by atoms with Gasteiger partial charge in [0.15, 0.2) is 0 Å². The summed E-state index contributed by atoms with van der Waals surface area (Å²) in [5, 5.41) is 0. The van der Waals surface area contributed by atoms with Crippen LogP contribution in [0, 0.1) is 5.92 Å². The average molecular weight is 371 g/mol. The van der Waals surface area contributed by atoms with Gasteiger partial charge in [0.05, 0.1) is 19.6 Å². The van der Waals surface area contributed by atoms with Gasteiger partial charge in [0, 0.05) is 48.8 Å². The molecule has 2 saturated heterocycles. The van der Waals surface area contributed by atoms with Crippen molar-refractivity contribution in [1.82, 2.24) is 9.47 Å². The van der Waals surface area contributed by atoms with Gasteiger partial charge in [-0.2, -0.15) is 0 Å². The Hall–Kier alpha value is -1.88. The van der Waals surface area contributed by atoms with Gasteiger partial charge in [0.25, 0.3) is 5.56 Å². The third kappa shape index (κ3) is 3.88. The molecular formula is C22H32N3O2+. The molecule has 1 aromatic heterocycles. The van der Waals surface area contributed by atoms with Crippen molar-refractivity contribution in [2.75, 3.05) is 26.2 Å². The predicted molar refractivity (Wildman–Crippen MR) is 106 cm³/mol. The lowest BCUT2D eigenvalue weighted by Gasteiger charge is -2.40. The van der Waals surface area contributed by atoms with Crippen LogP contribution in [-0.4, -0.2) is 47.6 Å². The standard InChI is InChI=1S/C22H31N3O2/c1-2-19-7-3-4-12-24(19)21(26)10-6-11-23-14-17-13-18(16-23)20-8-5-9-22(27)25(20)15-17/h5-6,8-10,17-19H,2-4,7,11-16H2,1H3/p+1/b10-6+/t17-,18+,19+/m1/s1. The molecule has 27 heavy (non-hydrogen) atoms. The third-order valence-corrected chi connectivity index (χ3v) is 6.72. The Balaban J connectivity index is 1.37. The molecule has 4 heterocycles. The quantitative estimate of drug-likeness (QED) is 0.810. The van der Waals surface area contributed by atoms with Crippen LogP contribution in [0.3, 0.4) is 0 Å². The van der Waals surface area contributed by atoms with Crippen molar-refractivity contribution in [3.8, 4) is 0 Å². The van der Waals surface area contributed by atoms with Gasteiger partial charge in [-0.05, 0) is 44.2 Å². The molecule has 4 atom stereocenters. The van der Waals surface area contributed by atoms with E-state index in [9.17, 15) is 9.59 Å². The second-order valence-electron chi connectivity index (χ2n) is 8.55. The number of carbonyl (C=O) groups is 1. The van der Waals surface area contributed by atoms with Gasteiger partial charge in [-0.3, -0.25) is 9.59 Å². The minimum absolute atomic E-state index is 0.142. The van der Waals surface area contributed by atoms with Crippen molar-refractivity contribution in [2.45, 2.75) is 57.5 Å². The van der Waals surface area contributed by atoms with Crippen LogP contribution in [0.4, 0.5) is 0 Å². The molecular weight excluding hydrogens is 338 g/mol. The zero-order valence-corrected chi connectivity index (χ0v) is 16.4. The summed E-state index contributed by atoms with van der Waals surface area (Å²) >= 11 is 0. The van der Waals surface area contributed by atoms with Crippen LogP contribution < -0.4 is 10.5 Å². The molecule has 3 aliphatic rings. The average Bonchev–Trinajstić information content (AvgIpc) is 2.68. The molecule has 5 heteroatoms. The van der Waals surface area contributed by atoms with E-state index in [1.807, 2.05) is 16.7 Å². The molecule has 0 saturated carbocycles. The van der Waals surface area contributed by atoms with Gasteiger partial charge in [-0.25, -0.2) is 0 Å². The highest BCUT2D eigenvalue weighted by Crippen LogP contribution is 2.29. The van der Waals surface area contributed by atoms with Crippen molar-refractivity contribution in [1.29, 1.82) is 0 Å². The lowest BCUT2D eigenvalue weighted by atomic mass is 9.83. The molecule has 0 radical (unpaired) electrons. The number of rotatable bonds is 4. The van der Waals surface area contributed by atoms with E-state index in [0.29, 0.717) is 17.9 Å². The maximum Gasteiger partial charge on any atom is 0.250 e. The molecule has 1 amide bonds. The van der Waals surface area contributed by atoms with E-state index in [4.69, 9.17) is 0 Å². The number of nitrogens with zero attached hydrogens (tertiary/aromatic N) is 2. The number of aromatic nitrogens is 1. The molecule has 2 bridgehead atoms. The smallest absolute Gasteiger partial charge is 0.250 e. The second-order valence-corrected chi connectivity index (χ2v) is 8.55. The number of amides is 1. The molecule has 1 aromatic rings. The fraction of sp³-hybridized carbons (Fsp3) is 0.636. The first-order chi connectivity index (χ1) is 13.2. The monoisotopic (exact) mass is 370 g/mol. The summed E-state index contributed by atoms with van der Waals surface area (Å²) in [7, 11) is 0. The van der Waals surface area contributed by atoms with E-state index < -0.39 is 0 Å². The molecule has 146 valence electrons. The zero-order chi connectivity index (χ0) is 18.8. The van der Waals surface area contributed by atoms with E-state index in [1.165, 1.54) is 23.4 Å². The summed E-state index contributed by atoms with van der Waals surface area (Å²) in [6, 6.07) is 6.11. The van der Waals surface area contributed by atoms with Gasteiger partial charge in [-0.1, -0.05) is 13.0 Å². The maximum absolute atomic E-state index is 12.6. The summed E-state index contributed by atoms with van der Waals surface area (Å²) in [5.74, 6) is 1.23. The number of hydrogen-bond acceptors (Lipinski definition) is 2. The number of quaternary nitrogens is 1. The van der Waals surface area contributed by atoms with Crippen LogP contribution >= 0.6 is 0 Å². The van der Waals surface area contributed by atoms with Gasteiger partial charge >= 0.3 is 0 Å². The highest BCUT2D eigenvalue weighted by molar-refractivity contribution is 5.87. The first kappa shape index (κ1) is 18.5. The van der Waals surface area contributed by atoms with Gasteiger partial charge < -0.3 is 14.4 Å². The molecule has 0 spiro atoms. The van der Waals surface area contributed by atoms with Crippen molar-refractivity contribution in [3.05, 3.63) is 46.4 Å². The first-order valence-corrected chi connectivity index (χ1v) is 10.7. The molecule has 5 nitrogen and oxygen atoms in total. The normalized spacial score (nSPS) is 30.3. The van der Waals surface area contributed by atoms with E-state index >= 15 is 0 Å². The van der Waals surface area contributed by atoms with Gasteiger partial charge in [0.1, 0.15) is 0 Å². The molecule has 0 aromatic carbocycles. The van der Waals surface area contributed by atoms with E-state index in [2.05, 4.69) is 24.0 Å². The van der Waals surface area contributed by atoms with Crippen molar-refractivity contribution in [2.24, 2.45) is 5.92 Å². The largest absolute Gasteiger partial charge is 0.336 e. The van der Waals surface area contributed by atoms with Crippen LogP contribution in [0.1, 0.15) is 50.6 Å². The minimum Gasteiger partial charge on any atom is -0.336 e. The van der Waals surface area contributed by atoms with Crippen LogP contribution in [0.2, 0.25) is 0 Å². The minimum atomic E-state index is 0.142. The number of pyridine rings is 1. The molecule has 1 unspecified atom stereocenters.